The van der Waals surface area contributed by atoms with E-state index in [9.17, 15) is 21.6 Å². The third-order valence-corrected chi connectivity index (χ3v) is 5.70. The van der Waals surface area contributed by atoms with Crippen molar-refractivity contribution in [3.63, 3.8) is 0 Å². The molecule has 34 heavy (non-hydrogen) atoms. The lowest BCUT2D eigenvalue weighted by molar-refractivity contribution is -0.275. The van der Waals surface area contributed by atoms with Gasteiger partial charge in [0, 0.05) is 18.0 Å². The van der Waals surface area contributed by atoms with E-state index >= 15 is 0 Å². The Hall–Kier alpha value is -4.13. The molecule has 2 aromatic carbocycles. The van der Waals surface area contributed by atoms with Crippen molar-refractivity contribution in [3.8, 4) is 23.2 Å². The Bertz CT molecular complexity index is 1390. The van der Waals surface area contributed by atoms with E-state index in [-0.39, 0.29) is 11.6 Å². The standard InChI is InChI=1S/C21H16F3N5O4S/c1-14-12-13-29(27-14)19-10-11-20(26-25-19)32-16-8-6-15(7-9-16)28-34(30,31)18-5-3-2-4-17(18)33-21(22,23)24/h2-13,28H,1H3. The molecule has 0 spiro atoms. The highest BCUT2D eigenvalue weighted by Gasteiger charge is 2.34. The molecule has 176 valence electrons. The number of nitrogens with zero attached hydrogens (tertiary/aromatic N) is 4. The quantitative estimate of drug-likeness (QED) is 0.407. The SMILES string of the molecule is Cc1ccn(-c2ccc(Oc3ccc(NS(=O)(=O)c4ccccc4OC(F)(F)F)cc3)nn2)n1. The van der Waals surface area contributed by atoms with Gasteiger partial charge in [-0.15, -0.1) is 23.4 Å². The third kappa shape index (κ3) is 5.61. The van der Waals surface area contributed by atoms with Gasteiger partial charge < -0.3 is 9.47 Å². The summed E-state index contributed by atoms with van der Waals surface area (Å²) in [4.78, 5) is -0.657. The molecule has 0 radical (unpaired) electrons. The minimum Gasteiger partial charge on any atom is -0.438 e. The van der Waals surface area contributed by atoms with Gasteiger partial charge in [-0.25, -0.2) is 13.1 Å². The minimum absolute atomic E-state index is 0.102. The highest BCUT2D eigenvalue weighted by molar-refractivity contribution is 7.92. The summed E-state index contributed by atoms with van der Waals surface area (Å²) in [6, 6.07) is 15.2. The molecule has 2 heterocycles. The predicted octanol–water partition coefficient (Wildman–Crippen LogP) is 4.46. The van der Waals surface area contributed by atoms with Crippen LogP contribution in [0.5, 0.6) is 17.4 Å². The molecule has 13 heteroatoms. The number of aryl methyl sites for hydroxylation is 1. The van der Waals surface area contributed by atoms with E-state index < -0.39 is 27.0 Å². The second-order valence-electron chi connectivity index (χ2n) is 6.86. The topological polar surface area (TPSA) is 108 Å². The average Bonchev–Trinajstić information content (AvgIpc) is 3.21. The number of nitrogens with one attached hydrogen (secondary N) is 1. The fraction of sp³-hybridized carbons (Fsp3) is 0.0952. The van der Waals surface area contributed by atoms with Gasteiger partial charge in [0.15, 0.2) is 5.82 Å². The first-order chi connectivity index (χ1) is 16.1. The zero-order valence-electron chi connectivity index (χ0n) is 17.4. The number of benzene rings is 2. The fourth-order valence-corrected chi connectivity index (χ4v) is 4.02. The van der Waals surface area contributed by atoms with Crippen LogP contribution >= 0.6 is 0 Å². The highest BCUT2D eigenvalue weighted by Crippen LogP contribution is 2.31. The number of aromatic nitrogens is 4. The first-order valence-electron chi connectivity index (χ1n) is 9.61. The number of para-hydroxylation sites is 1. The van der Waals surface area contributed by atoms with Crippen LogP contribution in [0, 0.1) is 6.92 Å². The maximum atomic E-state index is 12.6. The highest BCUT2D eigenvalue weighted by atomic mass is 32.2. The molecule has 0 aliphatic heterocycles. The summed E-state index contributed by atoms with van der Waals surface area (Å²) in [5.74, 6) is 0.189. The van der Waals surface area contributed by atoms with Crippen LogP contribution in [-0.4, -0.2) is 34.8 Å². The second-order valence-corrected chi connectivity index (χ2v) is 8.51. The molecule has 1 N–H and O–H groups in total. The lowest BCUT2D eigenvalue weighted by atomic mass is 10.3. The Labute approximate surface area is 191 Å². The van der Waals surface area contributed by atoms with E-state index in [1.165, 1.54) is 36.4 Å². The Balaban J connectivity index is 1.45. The number of hydrogen-bond acceptors (Lipinski definition) is 7. The van der Waals surface area contributed by atoms with Crippen molar-refractivity contribution >= 4 is 15.7 Å². The first-order valence-corrected chi connectivity index (χ1v) is 11.1. The summed E-state index contributed by atoms with van der Waals surface area (Å²) in [5.41, 5.74) is 0.929. The summed E-state index contributed by atoms with van der Waals surface area (Å²) < 4.78 is 76.2. The summed E-state index contributed by atoms with van der Waals surface area (Å²) in [5, 5.41) is 12.2. The van der Waals surface area contributed by atoms with Gasteiger partial charge >= 0.3 is 6.36 Å². The van der Waals surface area contributed by atoms with Gasteiger partial charge in [0.25, 0.3) is 10.0 Å². The normalized spacial score (nSPS) is 11.8. The number of hydrogen-bond donors (Lipinski definition) is 1. The van der Waals surface area contributed by atoms with Crippen LogP contribution in [-0.2, 0) is 10.0 Å². The molecule has 0 fully saturated rings. The maximum Gasteiger partial charge on any atom is 0.573 e. The molecule has 4 rings (SSSR count). The molecule has 0 amide bonds. The van der Waals surface area contributed by atoms with Crippen LogP contribution in [0.1, 0.15) is 5.69 Å². The van der Waals surface area contributed by atoms with Gasteiger partial charge in [-0.2, -0.15) is 5.10 Å². The summed E-state index contributed by atoms with van der Waals surface area (Å²) in [6.45, 7) is 1.85. The molecular weight excluding hydrogens is 475 g/mol. The van der Waals surface area contributed by atoms with Crippen molar-refractivity contribution < 1.29 is 31.1 Å². The van der Waals surface area contributed by atoms with Crippen molar-refractivity contribution in [1.29, 1.82) is 0 Å². The number of halogens is 3. The van der Waals surface area contributed by atoms with Gasteiger partial charge in [-0.1, -0.05) is 12.1 Å². The molecule has 0 aliphatic rings. The van der Waals surface area contributed by atoms with Crippen LogP contribution in [0.2, 0.25) is 0 Å². The Morgan fingerprint density at radius 3 is 2.29 bits per heavy atom. The van der Waals surface area contributed by atoms with E-state index in [0.29, 0.717) is 11.6 Å². The van der Waals surface area contributed by atoms with Gasteiger partial charge in [0.05, 0.1) is 5.69 Å². The van der Waals surface area contributed by atoms with Gasteiger partial charge in [-0.05, 0) is 55.5 Å². The average molecular weight is 491 g/mol. The predicted molar refractivity (Wildman–Crippen MR) is 114 cm³/mol. The van der Waals surface area contributed by atoms with Gasteiger partial charge in [0.1, 0.15) is 16.4 Å². The second kappa shape index (κ2) is 9.02. The molecule has 0 atom stereocenters. The monoisotopic (exact) mass is 491 g/mol. The Morgan fingerprint density at radius 1 is 0.941 bits per heavy atom. The number of sulfonamides is 1. The summed E-state index contributed by atoms with van der Waals surface area (Å²) >= 11 is 0. The van der Waals surface area contributed by atoms with Crippen LogP contribution in [0.25, 0.3) is 5.82 Å². The molecule has 0 saturated heterocycles. The van der Waals surface area contributed by atoms with Crippen LogP contribution in [0.4, 0.5) is 18.9 Å². The zero-order chi connectivity index (χ0) is 24.3. The Kier molecular flexibility index (Phi) is 6.11. The lowest BCUT2D eigenvalue weighted by Gasteiger charge is -2.14. The molecule has 4 aromatic rings. The van der Waals surface area contributed by atoms with Crippen molar-refractivity contribution in [3.05, 3.63) is 78.6 Å². The van der Waals surface area contributed by atoms with Crippen LogP contribution in [0.3, 0.4) is 0 Å². The molecule has 9 nitrogen and oxygen atoms in total. The molecule has 0 bridgehead atoms. The summed E-state index contributed by atoms with van der Waals surface area (Å²) in [7, 11) is -4.36. The van der Waals surface area contributed by atoms with Gasteiger partial charge in [0.2, 0.25) is 5.88 Å². The van der Waals surface area contributed by atoms with E-state index in [2.05, 4.69) is 24.8 Å². The third-order valence-electron chi connectivity index (χ3n) is 4.28. The van der Waals surface area contributed by atoms with E-state index in [1.54, 1.807) is 23.0 Å². The van der Waals surface area contributed by atoms with Crippen molar-refractivity contribution in [1.82, 2.24) is 20.0 Å². The van der Waals surface area contributed by atoms with E-state index in [0.717, 1.165) is 17.8 Å². The number of ether oxygens (including phenoxy) is 2. The Morgan fingerprint density at radius 2 is 1.68 bits per heavy atom. The van der Waals surface area contributed by atoms with Crippen molar-refractivity contribution in [2.45, 2.75) is 18.2 Å². The summed E-state index contributed by atoms with van der Waals surface area (Å²) in [6.07, 6.45) is -3.30. The maximum absolute atomic E-state index is 12.6. The van der Waals surface area contributed by atoms with Crippen LogP contribution in [0.15, 0.2) is 77.8 Å². The first kappa shape index (κ1) is 23.0. The number of anilines is 1. The van der Waals surface area contributed by atoms with Crippen molar-refractivity contribution in [2.24, 2.45) is 0 Å². The molecule has 0 saturated carbocycles. The lowest BCUT2D eigenvalue weighted by Crippen LogP contribution is -2.20. The fourth-order valence-electron chi connectivity index (χ4n) is 2.84. The van der Waals surface area contributed by atoms with E-state index in [4.69, 9.17) is 4.74 Å². The van der Waals surface area contributed by atoms with E-state index in [1.807, 2.05) is 13.0 Å². The molecular formula is C21H16F3N5O4S. The largest absolute Gasteiger partial charge is 0.573 e. The van der Waals surface area contributed by atoms with Crippen LogP contribution < -0.4 is 14.2 Å². The molecule has 0 unspecified atom stereocenters. The number of alkyl halides is 3. The molecule has 0 aliphatic carbocycles. The smallest absolute Gasteiger partial charge is 0.438 e. The van der Waals surface area contributed by atoms with Crippen molar-refractivity contribution in [2.75, 3.05) is 4.72 Å². The van der Waals surface area contributed by atoms with Gasteiger partial charge in [-0.3, -0.25) is 4.72 Å². The zero-order valence-corrected chi connectivity index (χ0v) is 18.2. The minimum atomic E-state index is -5.04. The molecule has 2 aromatic heterocycles. The number of rotatable bonds is 7.